The third kappa shape index (κ3) is 5.15. The Balaban J connectivity index is 1.57. The first-order chi connectivity index (χ1) is 12.2. The number of nitrogens with one attached hydrogen (secondary N) is 2. The van der Waals surface area contributed by atoms with E-state index in [9.17, 15) is 9.18 Å². The van der Waals surface area contributed by atoms with Crippen LogP contribution in [-0.2, 0) is 11.3 Å². The van der Waals surface area contributed by atoms with Gasteiger partial charge in [-0.15, -0.1) is 0 Å². The number of pyridine rings is 1. The summed E-state index contributed by atoms with van der Waals surface area (Å²) in [6.07, 6.45) is 5.32. The summed E-state index contributed by atoms with van der Waals surface area (Å²) in [7, 11) is 0. The van der Waals surface area contributed by atoms with Crippen LogP contribution in [0, 0.1) is 5.82 Å². The predicted molar refractivity (Wildman–Crippen MR) is 91.0 cm³/mol. The minimum absolute atomic E-state index is 0.0392. The molecule has 1 aromatic carbocycles. The molecule has 1 atom stereocenters. The monoisotopic (exact) mass is 345 g/mol. The lowest BCUT2D eigenvalue weighted by Crippen LogP contribution is -2.28. The topological polar surface area (TPSA) is 72.5 Å². The Morgan fingerprint density at radius 1 is 1.40 bits per heavy atom. The maximum atomic E-state index is 13.5. The van der Waals surface area contributed by atoms with Crippen molar-refractivity contribution in [3.05, 3.63) is 54.1 Å². The first kappa shape index (κ1) is 17.2. The van der Waals surface area contributed by atoms with Gasteiger partial charge in [0, 0.05) is 31.6 Å². The third-order valence-corrected chi connectivity index (χ3v) is 3.81. The molecule has 1 aromatic heterocycles. The number of hydrogen-bond acceptors (Lipinski definition) is 4. The predicted octanol–water partition coefficient (Wildman–Crippen LogP) is 3.10. The van der Waals surface area contributed by atoms with Crippen LogP contribution in [0.3, 0.4) is 0 Å². The van der Waals surface area contributed by atoms with Crippen molar-refractivity contribution in [1.82, 2.24) is 10.3 Å². The fourth-order valence-electron chi connectivity index (χ4n) is 2.54. The number of amides is 2. The molecule has 0 bridgehead atoms. The number of urea groups is 1. The smallest absolute Gasteiger partial charge is 0.319 e. The van der Waals surface area contributed by atoms with Crippen LogP contribution in [0.1, 0.15) is 18.4 Å². The minimum Gasteiger partial charge on any atom is -0.489 e. The highest BCUT2D eigenvalue weighted by Gasteiger charge is 2.17. The summed E-state index contributed by atoms with van der Waals surface area (Å²) in [6, 6.07) is 7.22. The van der Waals surface area contributed by atoms with E-state index in [1.165, 1.54) is 18.2 Å². The van der Waals surface area contributed by atoms with Gasteiger partial charge >= 0.3 is 6.03 Å². The van der Waals surface area contributed by atoms with Crippen LogP contribution >= 0.6 is 0 Å². The molecule has 2 amide bonds. The number of ether oxygens (including phenoxy) is 2. The summed E-state index contributed by atoms with van der Waals surface area (Å²) in [5.74, 6) is -0.0412. The number of carbonyl (C=O) groups excluding carboxylic acids is 1. The summed E-state index contributed by atoms with van der Waals surface area (Å²) in [4.78, 5) is 16.0. The number of benzene rings is 1. The average molecular weight is 345 g/mol. The number of hydrogen-bond donors (Lipinski definition) is 2. The van der Waals surface area contributed by atoms with Crippen molar-refractivity contribution in [3.63, 3.8) is 0 Å². The molecule has 3 rings (SSSR count). The number of nitrogens with zero attached hydrogens (tertiary/aromatic N) is 1. The molecular weight excluding hydrogens is 325 g/mol. The van der Waals surface area contributed by atoms with E-state index >= 15 is 0 Å². The highest BCUT2D eigenvalue weighted by molar-refractivity contribution is 5.90. The van der Waals surface area contributed by atoms with Gasteiger partial charge in [0.2, 0.25) is 0 Å². The molecule has 1 fully saturated rings. The molecule has 6 nitrogen and oxygen atoms in total. The van der Waals surface area contributed by atoms with Gasteiger partial charge in [-0.3, -0.25) is 4.98 Å². The Morgan fingerprint density at radius 3 is 3.08 bits per heavy atom. The Kier molecular flexibility index (Phi) is 5.79. The van der Waals surface area contributed by atoms with E-state index in [2.05, 4.69) is 15.6 Å². The summed E-state index contributed by atoms with van der Waals surface area (Å²) >= 11 is 0. The van der Waals surface area contributed by atoms with Crippen molar-refractivity contribution in [1.29, 1.82) is 0 Å². The molecule has 25 heavy (non-hydrogen) atoms. The summed E-state index contributed by atoms with van der Waals surface area (Å²) in [5, 5.41) is 5.32. The third-order valence-electron chi connectivity index (χ3n) is 3.81. The quantitative estimate of drug-likeness (QED) is 0.844. The summed E-state index contributed by atoms with van der Waals surface area (Å²) in [6.45, 7) is 1.43. The molecule has 1 saturated heterocycles. The van der Waals surface area contributed by atoms with Gasteiger partial charge in [0.1, 0.15) is 18.2 Å². The molecular formula is C18H20FN3O3. The highest BCUT2D eigenvalue weighted by Crippen LogP contribution is 2.26. The minimum atomic E-state index is -0.452. The van der Waals surface area contributed by atoms with Crippen molar-refractivity contribution in [2.75, 3.05) is 18.5 Å². The Bertz CT molecular complexity index is 706. The van der Waals surface area contributed by atoms with Crippen LogP contribution in [0.5, 0.6) is 5.75 Å². The van der Waals surface area contributed by atoms with Gasteiger partial charge < -0.3 is 20.1 Å². The maximum Gasteiger partial charge on any atom is 0.319 e. The molecule has 7 heteroatoms. The summed E-state index contributed by atoms with van der Waals surface area (Å²) in [5.41, 5.74) is 1.15. The Morgan fingerprint density at radius 2 is 2.32 bits per heavy atom. The van der Waals surface area contributed by atoms with Gasteiger partial charge in [-0.1, -0.05) is 6.07 Å². The molecule has 2 heterocycles. The number of aromatic nitrogens is 1. The first-order valence-electron chi connectivity index (χ1n) is 8.18. The standard InChI is InChI=1S/C18H20FN3O3/c19-14-5-6-17(25-12-15-4-2-8-24-15)16(9-14)22-18(23)21-11-13-3-1-7-20-10-13/h1,3,5-7,9-10,15H,2,4,8,11-12H2,(H2,21,22,23)/t15-/m1/s1. The summed E-state index contributed by atoms with van der Waals surface area (Å²) < 4.78 is 24.7. The Hall–Kier alpha value is -2.67. The second kappa shape index (κ2) is 8.43. The van der Waals surface area contributed by atoms with Gasteiger partial charge in [0.25, 0.3) is 0 Å². The molecule has 2 aromatic rings. The SMILES string of the molecule is O=C(NCc1cccnc1)Nc1cc(F)ccc1OC[C@H]1CCCO1. The molecule has 0 spiro atoms. The van der Waals surface area contributed by atoms with Gasteiger partial charge in [-0.25, -0.2) is 9.18 Å². The van der Waals surface area contributed by atoms with Crippen molar-refractivity contribution in [3.8, 4) is 5.75 Å². The number of halogens is 1. The van der Waals surface area contributed by atoms with E-state index < -0.39 is 11.8 Å². The molecule has 0 aliphatic carbocycles. The van der Waals surface area contributed by atoms with Crippen molar-refractivity contribution in [2.45, 2.75) is 25.5 Å². The lowest BCUT2D eigenvalue weighted by atomic mass is 10.2. The van der Waals surface area contributed by atoms with E-state index in [1.807, 2.05) is 6.07 Å². The fraction of sp³-hybridized carbons (Fsp3) is 0.333. The lowest BCUT2D eigenvalue weighted by molar-refractivity contribution is 0.0682. The normalized spacial score (nSPS) is 16.4. The maximum absolute atomic E-state index is 13.5. The zero-order valence-electron chi connectivity index (χ0n) is 13.7. The molecule has 1 aliphatic rings. The lowest BCUT2D eigenvalue weighted by Gasteiger charge is -2.15. The van der Waals surface area contributed by atoms with E-state index in [-0.39, 0.29) is 11.8 Å². The molecule has 1 aliphatic heterocycles. The second-order valence-corrected chi connectivity index (χ2v) is 5.76. The number of carbonyl (C=O) groups is 1. The Labute approximate surface area is 145 Å². The van der Waals surface area contributed by atoms with E-state index in [4.69, 9.17) is 9.47 Å². The van der Waals surface area contributed by atoms with Crippen LogP contribution in [0.2, 0.25) is 0 Å². The van der Waals surface area contributed by atoms with Gasteiger partial charge in [-0.05, 0) is 36.6 Å². The van der Waals surface area contributed by atoms with E-state index in [1.54, 1.807) is 18.5 Å². The van der Waals surface area contributed by atoms with Crippen LogP contribution in [0.25, 0.3) is 0 Å². The van der Waals surface area contributed by atoms with Gasteiger partial charge in [-0.2, -0.15) is 0 Å². The molecule has 2 N–H and O–H groups in total. The molecule has 0 saturated carbocycles. The fourth-order valence-corrected chi connectivity index (χ4v) is 2.54. The van der Waals surface area contributed by atoms with Crippen LogP contribution in [0.4, 0.5) is 14.9 Å². The zero-order chi connectivity index (χ0) is 17.5. The average Bonchev–Trinajstić information content (AvgIpc) is 3.14. The number of anilines is 1. The van der Waals surface area contributed by atoms with Crippen molar-refractivity contribution in [2.24, 2.45) is 0 Å². The van der Waals surface area contributed by atoms with Crippen molar-refractivity contribution < 1.29 is 18.7 Å². The molecule has 132 valence electrons. The van der Waals surface area contributed by atoms with E-state index in [0.29, 0.717) is 18.9 Å². The van der Waals surface area contributed by atoms with Gasteiger partial charge in [0.05, 0.1) is 11.8 Å². The highest BCUT2D eigenvalue weighted by atomic mass is 19.1. The zero-order valence-corrected chi connectivity index (χ0v) is 13.7. The van der Waals surface area contributed by atoms with Crippen LogP contribution in [-0.4, -0.2) is 30.3 Å². The molecule has 0 unspecified atom stereocenters. The van der Waals surface area contributed by atoms with Gasteiger partial charge in [0.15, 0.2) is 0 Å². The number of rotatable bonds is 6. The second-order valence-electron chi connectivity index (χ2n) is 5.76. The van der Waals surface area contributed by atoms with Crippen molar-refractivity contribution >= 4 is 11.7 Å². The molecule has 0 radical (unpaired) electrons. The van der Waals surface area contributed by atoms with Crippen LogP contribution in [0.15, 0.2) is 42.7 Å². The van der Waals surface area contributed by atoms with E-state index in [0.717, 1.165) is 25.0 Å². The largest absolute Gasteiger partial charge is 0.489 e. The van der Waals surface area contributed by atoms with Crippen LogP contribution < -0.4 is 15.4 Å². The first-order valence-corrected chi connectivity index (χ1v) is 8.18.